The molecule has 32 heavy (non-hydrogen) atoms. The molecule has 9 heteroatoms. The highest BCUT2D eigenvalue weighted by Gasteiger charge is 2.41. The molecule has 3 unspecified atom stereocenters. The molecule has 0 aliphatic heterocycles. The van der Waals surface area contributed by atoms with Crippen molar-refractivity contribution in [2.75, 3.05) is 6.54 Å². The number of halogens is 6. The third kappa shape index (κ3) is 6.62. The summed E-state index contributed by atoms with van der Waals surface area (Å²) in [7, 11) is 0. The second-order valence-electron chi connectivity index (χ2n) is 8.02. The number of ether oxygens (including phenoxy) is 1. The molecule has 3 nitrogen and oxygen atoms in total. The molecule has 1 aliphatic rings. The fourth-order valence-corrected chi connectivity index (χ4v) is 4.07. The van der Waals surface area contributed by atoms with Crippen LogP contribution in [0.4, 0.5) is 26.3 Å². The van der Waals surface area contributed by atoms with E-state index in [1.54, 1.807) is 24.3 Å². The fraction of sp³-hybridized carbons (Fsp3) is 0.478. The summed E-state index contributed by atoms with van der Waals surface area (Å²) in [6.07, 6.45) is -10.2. The van der Waals surface area contributed by atoms with Crippen LogP contribution in [0.2, 0.25) is 0 Å². The van der Waals surface area contributed by atoms with Gasteiger partial charge >= 0.3 is 12.4 Å². The van der Waals surface area contributed by atoms with Crippen molar-refractivity contribution in [3.63, 3.8) is 0 Å². The molecule has 1 N–H and O–H groups in total. The minimum absolute atomic E-state index is 0.125. The van der Waals surface area contributed by atoms with Crippen LogP contribution in [0.3, 0.4) is 0 Å². The van der Waals surface area contributed by atoms with Crippen LogP contribution in [0.25, 0.3) is 0 Å². The number of aliphatic hydroxyl groups excluding tert-OH is 1. The van der Waals surface area contributed by atoms with E-state index in [2.05, 4.69) is 0 Å². The largest absolute Gasteiger partial charge is 0.490 e. The van der Waals surface area contributed by atoms with Gasteiger partial charge in [0.2, 0.25) is 0 Å². The van der Waals surface area contributed by atoms with Crippen LogP contribution in [0.5, 0.6) is 5.75 Å². The third-order valence-electron chi connectivity index (χ3n) is 5.64. The van der Waals surface area contributed by atoms with Crippen molar-refractivity contribution in [2.24, 2.45) is 0 Å². The van der Waals surface area contributed by atoms with Crippen molar-refractivity contribution in [3.8, 4) is 5.75 Å². The molecule has 0 aromatic heterocycles. The molecule has 0 spiro atoms. The Bertz CT molecular complexity index is 856. The van der Waals surface area contributed by atoms with E-state index in [0.29, 0.717) is 31.4 Å². The van der Waals surface area contributed by atoms with Gasteiger partial charge in [0, 0.05) is 19.1 Å². The van der Waals surface area contributed by atoms with Gasteiger partial charge in [0.1, 0.15) is 11.9 Å². The summed E-state index contributed by atoms with van der Waals surface area (Å²) in [5.41, 5.74) is -1.01. The molecule has 1 aliphatic carbocycles. The summed E-state index contributed by atoms with van der Waals surface area (Å²) in [6, 6.07) is 13.3. The van der Waals surface area contributed by atoms with Crippen LogP contribution in [-0.4, -0.2) is 41.0 Å². The average molecular weight is 461 g/mol. The lowest BCUT2D eigenvalue weighted by atomic mass is 9.90. The number of nitrogens with zero attached hydrogens (tertiary/aromatic N) is 1. The van der Waals surface area contributed by atoms with E-state index >= 15 is 0 Å². The molecule has 0 radical (unpaired) electrons. The Balaban J connectivity index is 1.81. The molecular weight excluding hydrogens is 436 g/mol. The molecule has 0 bridgehead atoms. The van der Waals surface area contributed by atoms with Crippen molar-refractivity contribution in [1.82, 2.24) is 4.90 Å². The molecule has 176 valence electrons. The van der Waals surface area contributed by atoms with Crippen molar-refractivity contribution in [2.45, 2.75) is 62.8 Å². The van der Waals surface area contributed by atoms with E-state index in [4.69, 9.17) is 4.74 Å². The van der Waals surface area contributed by atoms with Gasteiger partial charge in [0.15, 0.2) is 6.10 Å². The lowest BCUT2D eigenvalue weighted by Gasteiger charge is -2.39. The molecule has 3 atom stereocenters. The molecule has 3 rings (SSSR count). The first-order valence-corrected chi connectivity index (χ1v) is 10.4. The molecule has 1 saturated carbocycles. The minimum Gasteiger partial charge on any atom is -0.490 e. The number of hydrogen-bond donors (Lipinski definition) is 1. The Hall–Kier alpha value is -2.26. The van der Waals surface area contributed by atoms with Gasteiger partial charge in [-0.1, -0.05) is 36.4 Å². The SMILES string of the molecule is OC(CN(Cc1ccccc1C(F)(F)F)C1CCCC(Oc2ccccc2)C1)C(F)(F)F. The lowest BCUT2D eigenvalue weighted by Crippen LogP contribution is -2.48. The Morgan fingerprint density at radius 3 is 2.25 bits per heavy atom. The summed E-state index contributed by atoms with van der Waals surface area (Å²) in [6.45, 7) is -1.16. The van der Waals surface area contributed by atoms with E-state index in [0.717, 1.165) is 6.07 Å². The molecule has 2 aromatic carbocycles. The zero-order valence-electron chi connectivity index (χ0n) is 17.2. The summed E-state index contributed by atoms with van der Waals surface area (Å²) in [4.78, 5) is 1.31. The van der Waals surface area contributed by atoms with Crippen LogP contribution in [-0.2, 0) is 12.7 Å². The predicted molar refractivity (Wildman–Crippen MR) is 107 cm³/mol. The maximum atomic E-state index is 13.4. The highest BCUT2D eigenvalue weighted by Crippen LogP contribution is 2.35. The molecular formula is C23H25F6NO2. The molecule has 2 aromatic rings. The first-order chi connectivity index (χ1) is 15.0. The molecule has 1 fully saturated rings. The van der Waals surface area contributed by atoms with Crippen LogP contribution in [0.1, 0.15) is 36.8 Å². The zero-order valence-corrected chi connectivity index (χ0v) is 17.2. The topological polar surface area (TPSA) is 32.7 Å². The maximum absolute atomic E-state index is 13.4. The first-order valence-electron chi connectivity index (χ1n) is 10.4. The highest BCUT2D eigenvalue weighted by atomic mass is 19.4. The van der Waals surface area contributed by atoms with Gasteiger partial charge in [-0.2, -0.15) is 26.3 Å². The molecule has 0 amide bonds. The van der Waals surface area contributed by atoms with Crippen molar-refractivity contribution in [1.29, 1.82) is 0 Å². The molecule has 0 saturated heterocycles. The average Bonchev–Trinajstić information content (AvgIpc) is 2.73. The number of rotatable bonds is 7. The van der Waals surface area contributed by atoms with E-state index in [9.17, 15) is 31.4 Å². The van der Waals surface area contributed by atoms with Crippen LogP contribution in [0.15, 0.2) is 54.6 Å². The van der Waals surface area contributed by atoms with E-state index in [1.165, 1.54) is 23.1 Å². The van der Waals surface area contributed by atoms with Crippen LogP contribution >= 0.6 is 0 Å². The Morgan fingerprint density at radius 1 is 0.938 bits per heavy atom. The van der Waals surface area contributed by atoms with Crippen LogP contribution in [0, 0.1) is 0 Å². The number of benzene rings is 2. The van der Waals surface area contributed by atoms with Gasteiger partial charge in [-0.3, -0.25) is 4.90 Å². The van der Waals surface area contributed by atoms with E-state index in [1.807, 2.05) is 6.07 Å². The molecule has 0 heterocycles. The Labute approximate surface area is 182 Å². The summed E-state index contributed by atoms with van der Waals surface area (Å²) >= 11 is 0. The van der Waals surface area contributed by atoms with Crippen molar-refractivity contribution < 1.29 is 36.2 Å². The predicted octanol–water partition coefficient (Wildman–Crippen LogP) is 5.82. The van der Waals surface area contributed by atoms with Crippen molar-refractivity contribution >= 4 is 0 Å². The number of aliphatic hydroxyl groups is 1. The number of hydrogen-bond acceptors (Lipinski definition) is 3. The first kappa shape index (κ1) is 24.4. The van der Waals surface area contributed by atoms with Gasteiger partial charge in [-0.05, 0) is 49.4 Å². The van der Waals surface area contributed by atoms with Gasteiger partial charge in [-0.25, -0.2) is 0 Å². The summed E-state index contributed by atoms with van der Waals surface area (Å²) in [5.74, 6) is 0.627. The minimum atomic E-state index is -4.86. The van der Waals surface area contributed by atoms with E-state index in [-0.39, 0.29) is 18.2 Å². The van der Waals surface area contributed by atoms with Gasteiger partial charge in [0.05, 0.1) is 5.56 Å². The summed E-state index contributed by atoms with van der Waals surface area (Å²) in [5, 5.41) is 9.67. The number of alkyl halides is 6. The third-order valence-corrected chi connectivity index (χ3v) is 5.64. The normalized spacial score (nSPS) is 20.9. The lowest BCUT2D eigenvalue weighted by molar-refractivity contribution is -0.210. The van der Waals surface area contributed by atoms with Gasteiger partial charge in [-0.15, -0.1) is 0 Å². The van der Waals surface area contributed by atoms with Crippen LogP contribution < -0.4 is 4.74 Å². The second kappa shape index (κ2) is 10.1. The second-order valence-corrected chi connectivity index (χ2v) is 8.02. The maximum Gasteiger partial charge on any atom is 0.416 e. The standard InChI is InChI=1S/C23H25F6NO2/c24-22(25,26)20-12-5-4-7-16(20)14-30(15-21(31)23(27,28)29)17-8-6-11-19(13-17)32-18-9-2-1-3-10-18/h1-5,7,9-10,12,17,19,21,31H,6,8,11,13-15H2. The Kier molecular flexibility index (Phi) is 7.71. The number of para-hydroxylation sites is 1. The highest BCUT2D eigenvalue weighted by molar-refractivity contribution is 5.29. The zero-order chi connectivity index (χ0) is 23.4. The smallest absolute Gasteiger partial charge is 0.416 e. The Morgan fingerprint density at radius 2 is 1.59 bits per heavy atom. The summed E-state index contributed by atoms with van der Waals surface area (Å²) < 4.78 is 85.4. The van der Waals surface area contributed by atoms with Gasteiger partial charge < -0.3 is 9.84 Å². The monoisotopic (exact) mass is 461 g/mol. The van der Waals surface area contributed by atoms with Gasteiger partial charge in [0.25, 0.3) is 0 Å². The van der Waals surface area contributed by atoms with E-state index < -0.39 is 36.6 Å². The quantitative estimate of drug-likeness (QED) is 0.528. The van der Waals surface area contributed by atoms with Crippen molar-refractivity contribution in [3.05, 3.63) is 65.7 Å². The fourth-order valence-electron chi connectivity index (χ4n) is 4.07.